The maximum absolute atomic E-state index is 12.6. The summed E-state index contributed by atoms with van der Waals surface area (Å²) in [5.41, 5.74) is 1.58. The number of carbonyl (C=O) groups excluding carboxylic acids is 2. The van der Waals surface area contributed by atoms with Crippen molar-refractivity contribution in [2.45, 2.75) is 11.4 Å². The van der Waals surface area contributed by atoms with E-state index in [1.807, 2.05) is 42.5 Å². The highest BCUT2D eigenvalue weighted by Crippen LogP contribution is 2.25. The van der Waals surface area contributed by atoms with Gasteiger partial charge in [0.2, 0.25) is 10.0 Å². The Morgan fingerprint density at radius 1 is 0.939 bits per heavy atom. The van der Waals surface area contributed by atoms with Gasteiger partial charge in [0, 0.05) is 6.54 Å². The summed E-state index contributed by atoms with van der Waals surface area (Å²) >= 11 is 1.31. The summed E-state index contributed by atoms with van der Waals surface area (Å²) in [4.78, 5) is 28.7. The second kappa shape index (κ2) is 9.90. The van der Waals surface area contributed by atoms with Crippen molar-refractivity contribution in [2.24, 2.45) is 0 Å². The number of nitrogens with zero attached hydrogens (tertiary/aromatic N) is 1. The lowest BCUT2D eigenvalue weighted by Crippen LogP contribution is -2.24. The molecule has 0 spiro atoms. The Labute approximate surface area is 194 Å². The Balaban J connectivity index is 1.35. The molecule has 33 heavy (non-hydrogen) atoms. The van der Waals surface area contributed by atoms with E-state index in [-0.39, 0.29) is 17.0 Å². The van der Waals surface area contributed by atoms with Crippen LogP contribution in [-0.4, -0.2) is 31.9 Å². The standard InChI is InChI=1S/C23H19N3O5S2/c27-21(26-23-25-19-11-4-5-12-20(19)32-23)15-31-22(28)17-9-6-10-18(13-17)33(29,30)24-14-16-7-2-1-3-8-16/h1-13,24H,14-15H2,(H,25,26,27). The van der Waals surface area contributed by atoms with Crippen LogP contribution in [0.5, 0.6) is 0 Å². The van der Waals surface area contributed by atoms with Crippen LogP contribution in [0.25, 0.3) is 10.2 Å². The highest BCUT2D eigenvalue weighted by molar-refractivity contribution is 7.89. The smallest absolute Gasteiger partial charge is 0.338 e. The molecule has 8 nitrogen and oxygen atoms in total. The third-order valence-electron chi connectivity index (χ3n) is 4.56. The van der Waals surface area contributed by atoms with Gasteiger partial charge >= 0.3 is 5.97 Å². The molecular weight excluding hydrogens is 462 g/mol. The number of carbonyl (C=O) groups is 2. The van der Waals surface area contributed by atoms with Gasteiger partial charge in [0.25, 0.3) is 5.91 Å². The summed E-state index contributed by atoms with van der Waals surface area (Å²) in [7, 11) is -3.84. The van der Waals surface area contributed by atoms with E-state index in [1.165, 1.54) is 35.6 Å². The largest absolute Gasteiger partial charge is 0.452 e. The number of thiazole rings is 1. The van der Waals surface area contributed by atoms with E-state index < -0.39 is 28.5 Å². The Hall–Kier alpha value is -3.60. The van der Waals surface area contributed by atoms with Crippen LogP contribution in [-0.2, 0) is 26.1 Å². The molecule has 1 heterocycles. The molecule has 0 saturated carbocycles. The fourth-order valence-corrected chi connectivity index (χ4v) is 4.89. The molecule has 0 aliphatic heterocycles. The fourth-order valence-electron chi connectivity index (χ4n) is 2.94. The molecule has 0 bridgehead atoms. The van der Waals surface area contributed by atoms with Gasteiger partial charge in [-0.1, -0.05) is 59.9 Å². The molecule has 10 heteroatoms. The highest BCUT2D eigenvalue weighted by atomic mass is 32.2. The van der Waals surface area contributed by atoms with Crippen LogP contribution in [0.1, 0.15) is 15.9 Å². The minimum absolute atomic E-state index is 0.0189. The first-order chi connectivity index (χ1) is 15.9. The molecule has 0 aliphatic carbocycles. The monoisotopic (exact) mass is 481 g/mol. The number of hydrogen-bond acceptors (Lipinski definition) is 7. The fraction of sp³-hybridized carbons (Fsp3) is 0.0870. The lowest BCUT2D eigenvalue weighted by molar-refractivity contribution is -0.119. The van der Waals surface area contributed by atoms with Crippen molar-refractivity contribution >= 4 is 48.6 Å². The van der Waals surface area contributed by atoms with E-state index in [0.29, 0.717) is 5.13 Å². The molecule has 3 aromatic carbocycles. The second-order valence-electron chi connectivity index (χ2n) is 6.95. The van der Waals surface area contributed by atoms with Crippen molar-refractivity contribution in [2.75, 3.05) is 11.9 Å². The number of fused-ring (bicyclic) bond motifs is 1. The molecular formula is C23H19N3O5S2. The number of rotatable bonds is 8. The number of anilines is 1. The normalized spacial score (nSPS) is 11.3. The number of hydrogen-bond donors (Lipinski definition) is 2. The van der Waals surface area contributed by atoms with Crippen molar-refractivity contribution in [1.82, 2.24) is 9.71 Å². The van der Waals surface area contributed by atoms with Gasteiger partial charge in [0.15, 0.2) is 11.7 Å². The molecule has 0 aliphatic rings. The van der Waals surface area contributed by atoms with E-state index in [0.717, 1.165) is 15.8 Å². The molecule has 0 fully saturated rings. The number of aromatic nitrogens is 1. The molecule has 2 N–H and O–H groups in total. The predicted molar refractivity (Wildman–Crippen MR) is 125 cm³/mol. The first-order valence-electron chi connectivity index (χ1n) is 9.87. The zero-order valence-electron chi connectivity index (χ0n) is 17.2. The minimum Gasteiger partial charge on any atom is -0.452 e. The topological polar surface area (TPSA) is 114 Å². The number of ether oxygens (including phenoxy) is 1. The summed E-state index contributed by atoms with van der Waals surface area (Å²) in [6.07, 6.45) is 0. The van der Waals surface area contributed by atoms with Crippen LogP contribution in [0.15, 0.2) is 83.8 Å². The SMILES string of the molecule is O=C(COC(=O)c1cccc(S(=O)(=O)NCc2ccccc2)c1)Nc1nc2ccccc2s1. The minimum atomic E-state index is -3.84. The predicted octanol–water partition coefficient (Wildman–Crippen LogP) is 3.57. The molecule has 4 rings (SSSR count). The lowest BCUT2D eigenvalue weighted by atomic mass is 10.2. The zero-order valence-corrected chi connectivity index (χ0v) is 18.9. The Morgan fingerprint density at radius 2 is 1.70 bits per heavy atom. The van der Waals surface area contributed by atoms with Gasteiger partial charge in [0.1, 0.15) is 0 Å². The molecule has 4 aromatic rings. The van der Waals surface area contributed by atoms with Crippen LogP contribution < -0.4 is 10.0 Å². The van der Waals surface area contributed by atoms with E-state index >= 15 is 0 Å². The Bertz CT molecular complexity index is 1370. The summed E-state index contributed by atoms with van der Waals surface area (Å²) < 4.78 is 33.6. The number of esters is 1. The second-order valence-corrected chi connectivity index (χ2v) is 9.75. The van der Waals surface area contributed by atoms with Gasteiger partial charge in [-0.05, 0) is 35.9 Å². The molecule has 0 radical (unpaired) electrons. The van der Waals surface area contributed by atoms with Gasteiger partial charge < -0.3 is 4.74 Å². The van der Waals surface area contributed by atoms with Crippen molar-refractivity contribution in [3.63, 3.8) is 0 Å². The highest BCUT2D eigenvalue weighted by Gasteiger charge is 2.18. The van der Waals surface area contributed by atoms with Gasteiger partial charge in [-0.15, -0.1) is 0 Å². The number of nitrogens with one attached hydrogen (secondary N) is 2. The van der Waals surface area contributed by atoms with Crippen LogP contribution in [0, 0.1) is 0 Å². The molecule has 1 amide bonds. The number of sulfonamides is 1. The summed E-state index contributed by atoms with van der Waals surface area (Å²) in [6, 6.07) is 22.0. The van der Waals surface area contributed by atoms with Crippen LogP contribution in [0.3, 0.4) is 0 Å². The average molecular weight is 482 g/mol. The molecule has 0 saturated heterocycles. The van der Waals surface area contributed by atoms with Crippen LogP contribution in [0.2, 0.25) is 0 Å². The van der Waals surface area contributed by atoms with Gasteiger partial charge in [-0.3, -0.25) is 10.1 Å². The van der Waals surface area contributed by atoms with E-state index in [4.69, 9.17) is 4.74 Å². The first kappa shape index (κ1) is 22.6. The van der Waals surface area contributed by atoms with E-state index in [1.54, 1.807) is 12.1 Å². The maximum Gasteiger partial charge on any atom is 0.338 e. The molecule has 0 atom stereocenters. The van der Waals surface area contributed by atoms with Crippen molar-refractivity contribution in [3.8, 4) is 0 Å². The summed E-state index contributed by atoms with van der Waals surface area (Å²) in [6.45, 7) is -0.415. The summed E-state index contributed by atoms with van der Waals surface area (Å²) in [5.74, 6) is -1.36. The van der Waals surface area contributed by atoms with Gasteiger partial charge in [-0.25, -0.2) is 22.9 Å². The zero-order chi connectivity index (χ0) is 23.3. The van der Waals surface area contributed by atoms with Gasteiger partial charge in [0.05, 0.1) is 20.7 Å². The van der Waals surface area contributed by atoms with Crippen molar-refractivity contribution in [3.05, 3.63) is 90.0 Å². The summed E-state index contributed by atoms with van der Waals surface area (Å²) in [5, 5.41) is 2.99. The Morgan fingerprint density at radius 3 is 2.48 bits per heavy atom. The molecule has 168 valence electrons. The van der Waals surface area contributed by atoms with Crippen molar-refractivity contribution < 1.29 is 22.7 Å². The third kappa shape index (κ3) is 5.80. The van der Waals surface area contributed by atoms with E-state index in [2.05, 4.69) is 15.0 Å². The molecule has 0 unspecified atom stereocenters. The number of para-hydroxylation sites is 1. The van der Waals surface area contributed by atoms with Crippen molar-refractivity contribution in [1.29, 1.82) is 0 Å². The van der Waals surface area contributed by atoms with Crippen LogP contribution >= 0.6 is 11.3 Å². The first-order valence-corrected chi connectivity index (χ1v) is 12.2. The maximum atomic E-state index is 12.6. The number of benzene rings is 3. The lowest BCUT2D eigenvalue weighted by Gasteiger charge is -2.09. The van der Waals surface area contributed by atoms with Gasteiger partial charge in [-0.2, -0.15) is 0 Å². The quantitative estimate of drug-likeness (QED) is 0.372. The van der Waals surface area contributed by atoms with E-state index in [9.17, 15) is 18.0 Å². The number of amides is 1. The molecule has 1 aromatic heterocycles. The third-order valence-corrected chi connectivity index (χ3v) is 6.91. The van der Waals surface area contributed by atoms with Crippen LogP contribution in [0.4, 0.5) is 5.13 Å². The average Bonchev–Trinajstić information content (AvgIpc) is 3.24. The Kier molecular flexibility index (Phi) is 6.78.